The Labute approximate surface area is 118 Å². The molecule has 1 N–H and O–H groups in total. The largest absolute Gasteiger partial charge is 0.480 e. The number of carboxylic acid groups (broad SMARTS) is 1. The van der Waals surface area contributed by atoms with E-state index in [4.69, 9.17) is 9.84 Å². The van der Waals surface area contributed by atoms with Crippen LogP contribution in [0.1, 0.15) is 39.0 Å². The molecule has 0 saturated heterocycles. The van der Waals surface area contributed by atoms with Crippen molar-refractivity contribution in [2.24, 2.45) is 0 Å². The highest BCUT2D eigenvalue weighted by molar-refractivity contribution is 5.73. The van der Waals surface area contributed by atoms with E-state index < -0.39 is 5.97 Å². The van der Waals surface area contributed by atoms with Gasteiger partial charge in [-0.25, -0.2) is 4.98 Å². The van der Waals surface area contributed by atoms with Crippen molar-refractivity contribution in [2.75, 3.05) is 18.1 Å². The summed E-state index contributed by atoms with van der Waals surface area (Å²) in [6.07, 6.45) is 6.78. The number of aromatic nitrogens is 2. The maximum absolute atomic E-state index is 11.1. The SMILES string of the molecule is CCCOc1ccnc(N(CC(=O)O)C2CCCC2)n1. The summed E-state index contributed by atoms with van der Waals surface area (Å²) in [5.74, 6) is 0.0959. The summed E-state index contributed by atoms with van der Waals surface area (Å²) in [7, 11) is 0. The van der Waals surface area contributed by atoms with Gasteiger partial charge in [-0.2, -0.15) is 4.98 Å². The minimum Gasteiger partial charge on any atom is -0.480 e. The normalized spacial score (nSPS) is 15.2. The molecule has 6 nitrogen and oxygen atoms in total. The molecule has 1 aliphatic rings. The molecule has 0 aromatic carbocycles. The lowest BCUT2D eigenvalue weighted by Crippen LogP contribution is -2.38. The van der Waals surface area contributed by atoms with Gasteiger partial charge in [0.05, 0.1) is 6.61 Å². The average Bonchev–Trinajstić information content (AvgIpc) is 2.96. The Morgan fingerprint density at radius 3 is 2.90 bits per heavy atom. The molecule has 0 spiro atoms. The molecule has 0 radical (unpaired) electrons. The number of hydrogen-bond donors (Lipinski definition) is 1. The summed E-state index contributed by atoms with van der Waals surface area (Å²) in [4.78, 5) is 21.4. The van der Waals surface area contributed by atoms with E-state index >= 15 is 0 Å². The zero-order valence-electron chi connectivity index (χ0n) is 11.8. The number of rotatable bonds is 7. The molecule has 0 atom stereocenters. The minimum absolute atomic E-state index is 0.0676. The molecule has 1 aliphatic carbocycles. The predicted molar refractivity (Wildman–Crippen MR) is 75.1 cm³/mol. The van der Waals surface area contributed by atoms with E-state index in [9.17, 15) is 4.79 Å². The number of carbonyl (C=O) groups is 1. The first-order valence-corrected chi connectivity index (χ1v) is 7.15. The molecule has 1 fully saturated rings. The summed E-state index contributed by atoms with van der Waals surface area (Å²) in [6.45, 7) is 2.55. The van der Waals surface area contributed by atoms with Crippen LogP contribution < -0.4 is 9.64 Å². The molecule has 1 saturated carbocycles. The van der Waals surface area contributed by atoms with Crippen molar-refractivity contribution < 1.29 is 14.6 Å². The van der Waals surface area contributed by atoms with Crippen LogP contribution in [0.5, 0.6) is 5.88 Å². The summed E-state index contributed by atoms with van der Waals surface area (Å²) >= 11 is 0. The first-order chi connectivity index (χ1) is 9.70. The smallest absolute Gasteiger partial charge is 0.323 e. The van der Waals surface area contributed by atoms with Crippen molar-refractivity contribution in [3.8, 4) is 5.88 Å². The van der Waals surface area contributed by atoms with Crippen LogP contribution in [0.3, 0.4) is 0 Å². The van der Waals surface area contributed by atoms with E-state index in [1.165, 1.54) is 0 Å². The van der Waals surface area contributed by atoms with Crippen molar-refractivity contribution >= 4 is 11.9 Å². The number of hydrogen-bond acceptors (Lipinski definition) is 5. The third-order valence-corrected chi connectivity index (χ3v) is 3.40. The summed E-state index contributed by atoms with van der Waals surface area (Å²) < 4.78 is 5.49. The molecule has 1 aromatic rings. The molecule has 0 bridgehead atoms. The van der Waals surface area contributed by atoms with Crippen molar-refractivity contribution in [1.82, 2.24) is 9.97 Å². The first-order valence-electron chi connectivity index (χ1n) is 7.15. The molecular weight excluding hydrogens is 258 g/mol. The van der Waals surface area contributed by atoms with Gasteiger partial charge in [0.25, 0.3) is 0 Å². The van der Waals surface area contributed by atoms with Gasteiger partial charge >= 0.3 is 5.97 Å². The second kappa shape index (κ2) is 7.07. The quantitative estimate of drug-likeness (QED) is 0.823. The maximum atomic E-state index is 11.1. The fourth-order valence-electron chi connectivity index (χ4n) is 2.48. The van der Waals surface area contributed by atoms with Gasteiger partial charge in [-0.3, -0.25) is 4.79 Å². The van der Waals surface area contributed by atoms with Crippen molar-refractivity contribution in [2.45, 2.75) is 45.1 Å². The Kier molecular flexibility index (Phi) is 5.15. The van der Waals surface area contributed by atoms with E-state index in [1.54, 1.807) is 17.2 Å². The van der Waals surface area contributed by atoms with Gasteiger partial charge in [0.2, 0.25) is 11.8 Å². The second-order valence-corrected chi connectivity index (χ2v) is 5.00. The number of aliphatic carboxylic acids is 1. The van der Waals surface area contributed by atoms with Crippen LogP contribution in [0.4, 0.5) is 5.95 Å². The number of anilines is 1. The lowest BCUT2D eigenvalue weighted by molar-refractivity contribution is -0.135. The van der Waals surface area contributed by atoms with E-state index in [0.717, 1.165) is 32.1 Å². The first kappa shape index (κ1) is 14.6. The molecule has 6 heteroatoms. The fraction of sp³-hybridized carbons (Fsp3) is 0.643. The van der Waals surface area contributed by atoms with Gasteiger partial charge in [-0.05, 0) is 19.3 Å². The molecule has 0 amide bonds. The number of carboxylic acids is 1. The third-order valence-electron chi connectivity index (χ3n) is 3.40. The number of ether oxygens (including phenoxy) is 1. The molecule has 1 aromatic heterocycles. The minimum atomic E-state index is -0.861. The average molecular weight is 279 g/mol. The van der Waals surface area contributed by atoms with E-state index in [-0.39, 0.29) is 12.6 Å². The van der Waals surface area contributed by atoms with Crippen molar-refractivity contribution in [3.05, 3.63) is 12.3 Å². The van der Waals surface area contributed by atoms with Crippen LogP contribution in [0, 0.1) is 0 Å². The lowest BCUT2D eigenvalue weighted by Gasteiger charge is -2.27. The van der Waals surface area contributed by atoms with Crippen LogP contribution in [0.25, 0.3) is 0 Å². The van der Waals surface area contributed by atoms with Gasteiger partial charge in [0, 0.05) is 18.3 Å². The summed E-state index contributed by atoms with van der Waals surface area (Å²) in [6, 6.07) is 1.92. The Hall–Kier alpha value is -1.85. The lowest BCUT2D eigenvalue weighted by atomic mass is 10.2. The predicted octanol–water partition coefficient (Wildman–Crippen LogP) is 2.10. The van der Waals surface area contributed by atoms with Gasteiger partial charge < -0.3 is 14.7 Å². The van der Waals surface area contributed by atoms with Crippen LogP contribution >= 0.6 is 0 Å². The zero-order chi connectivity index (χ0) is 14.4. The van der Waals surface area contributed by atoms with E-state index in [1.807, 2.05) is 6.92 Å². The fourth-order valence-corrected chi connectivity index (χ4v) is 2.48. The van der Waals surface area contributed by atoms with Gasteiger partial charge in [0.1, 0.15) is 6.54 Å². The molecule has 0 aliphatic heterocycles. The zero-order valence-corrected chi connectivity index (χ0v) is 11.8. The summed E-state index contributed by atoms with van der Waals surface area (Å²) in [5, 5.41) is 9.09. The summed E-state index contributed by atoms with van der Waals surface area (Å²) in [5.41, 5.74) is 0. The highest BCUT2D eigenvalue weighted by atomic mass is 16.5. The number of nitrogens with zero attached hydrogens (tertiary/aromatic N) is 3. The second-order valence-electron chi connectivity index (χ2n) is 5.00. The van der Waals surface area contributed by atoms with Gasteiger partial charge in [0.15, 0.2) is 0 Å². The highest BCUT2D eigenvalue weighted by Gasteiger charge is 2.26. The molecule has 2 rings (SSSR count). The third kappa shape index (κ3) is 3.82. The standard InChI is InChI=1S/C14H21N3O3/c1-2-9-20-12-7-8-15-14(16-12)17(10-13(18)19)11-5-3-4-6-11/h7-8,11H,2-6,9-10H2,1H3,(H,18,19). The molecular formula is C14H21N3O3. The molecule has 1 heterocycles. The Morgan fingerprint density at radius 2 is 2.25 bits per heavy atom. The van der Waals surface area contributed by atoms with Crippen LogP contribution in [-0.4, -0.2) is 40.2 Å². The Morgan fingerprint density at radius 1 is 1.50 bits per heavy atom. The van der Waals surface area contributed by atoms with Crippen molar-refractivity contribution in [1.29, 1.82) is 0 Å². The topological polar surface area (TPSA) is 75.5 Å². The van der Waals surface area contributed by atoms with Crippen LogP contribution in [-0.2, 0) is 4.79 Å². The van der Waals surface area contributed by atoms with E-state index in [0.29, 0.717) is 18.4 Å². The van der Waals surface area contributed by atoms with Crippen LogP contribution in [0.15, 0.2) is 12.3 Å². The molecule has 110 valence electrons. The van der Waals surface area contributed by atoms with Gasteiger partial charge in [-0.1, -0.05) is 19.8 Å². The highest BCUT2D eigenvalue weighted by Crippen LogP contribution is 2.26. The maximum Gasteiger partial charge on any atom is 0.323 e. The van der Waals surface area contributed by atoms with Crippen LogP contribution in [0.2, 0.25) is 0 Å². The Balaban J connectivity index is 2.16. The monoisotopic (exact) mass is 279 g/mol. The van der Waals surface area contributed by atoms with Crippen molar-refractivity contribution in [3.63, 3.8) is 0 Å². The Bertz CT molecular complexity index is 447. The van der Waals surface area contributed by atoms with E-state index in [2.05, 4.69) is 9.97 Å². The van der Waals surface area contributed by atoms with Gasteiger partial charge in [-0.15, -0.1) is 0 Å². The molecule has 0 unspecified atom stereocenters. The molecule has 20 heavy (non-hydrogen) atoms.